The molecule has 0 unspecified atom stereocenters. The maximum Gasteiger partial charge on any atom is 0.0657 e. The van der Waals surface area contributed by atoms with Crippen molar-refractivity contribution in [1.82, 2.24) is 9.80 Å². The van der Waals surface area contributed by atoms with Gasteiger partial charge in [-0.1, -0.05) is 59.5 Å². The molecule has 0 aromatic carbocycles. The van der Waals surface area contributed by atoms with Crippen LogP contribution in [0.5, 0.6) is 0 Å². The Morgan fingerprint density at radius 3 is 1.23 bits per heavy atom. The van der Waals surface area contributed by atoms with Crippen molar-refractivity contribution in [2.75, 3.05) is 26.2 Å². The molecular formula is C20H42N2. The van der Waals surface area contributed by atoms with Gasteiger partial charge in [-0.2, -0.15) is 0 Å². The van der Waals surface area contributed by atoms with Gasteiger partial charge >= 0.3 is 0 Å². The van der Waals surface area contributed by atoms with E-state index < -0.39 is 0 Å². The summed E-state index contributed by atoms with van der Waals surface area (Å²) < 4.78 is 0. The van der Waals surface area contributed by atoms with Gasteiger partial charge in [0.25, 0.3) is 0 Å². The fourth-order valence-corrected chi connectivity index (χ4v) is 2.94. The Balaban J connectivity index is 4.92. The van der Waals surface area contributed by atoms with Crippen molar-refractivity contribution >= 4 is 0 Å². The molecule has 0 saturated carbocycles. The van der Waals surface area contributed by atoms with Gasteiger partial charge in [-0.15, -0.1) is 6.58 Å². The molecular weight excluding hydrogens is 268 g/mol. The minimum atomic E-state index is 0.564. The molecule has 0 heterocycles. The van der Waals surface area contributed by atoms with Crippen molar-refractivity contribution in [2.24, 2.45) is 0 Å². The van der Waals surface area contributed by atoms with Crippen molar-refractivity contribution in [3.05, 3.63) is 12.7 Å². The molecule has 0 aromatic heterocycles. The predicted octanol–water partition coefficient (Wildman–Crippen LogP) is 5.69. The quantitative estimate of drug-likeness (QED) is 0.267. The van der Waals surface area contributed by atoms with Gasteiger partial charge in [0.1, 0.15) is 0 Å². The molecule has 0 amide bonds. The molecule has 0 saturated heterocycles. The van der Waals surface area contributed by atoms with E-state index in [2.05, 4.69) is 50.1 Å². The summed E-state index contributed by atoms with van der Waals surface area (Å²) >= 11 is 0. The van der Waals surface area contributed by atoms with Gasteiger partial charge in [0.05, 0.1) is 6.17 Å². The Hall–Kier alpha value is -0.340. The summed E-state index contributed by atoms with van der Waals surface area (Å²) in [6.07, 6.45) is 14.2. The highest BCUT2D eigenvalue weighted by Gasteiger charge is 2.22. The van der Waals surface area contributed by atoms with Crippen molar-refractivity contribution in [3.8, 4) is 0 Å². The molecule has 0 fully saturated rings. The SMILES string of the molecule is C=CCC(N(CCCC)CCCC)N(CCCC)CCCC. The fraction of sp³-hybridized carbons (Fsp3) is 0.900. The fourth-order valence-electron chi connectivity index (χ4n) is 2.94. The molecule has 132 valence electrons. The lowest BCUT2D eigenvalue weighted by Gasteiger charge is -2.40. The molecule has 0 aliphatic rings. The van der Waals surface area contributed by atoms with Gasteiger partial charge in [-0.05, 0) is 58.3 Å². The number of nitrogens with zero attached hydrogens (tertiary/aromatic N) is 2. The zero-order chi connectivity index (χ0) is 16.6. The molecule has 22 heavy (non-hydrogen) atoms. The molecule has 0 aliphatic carbocycles. The number of hydrogen-bond acceptors (Lipinski definition) is 2. The first-order valence-electron chi connectivity index (χ1n) is 9.83. The van der Waals surface area contributed by atoms with Crippen LogP contribution in [0.2, 0.25) is 0 Å². The zero-order valence-electron chi connectivity index (χ0n) is 15.9. The summed E-state index contributed by atoms with van der Waals surface area (Å²) in [7, 11) is 0. The summed E-state index contributed by atoms with van der Waals surface area (Å²) in [4.78, 5) is 5.47. The van der Waals surface area contributed by atoms with E-state index >= 15 is 0 Å². The normalized spacial score (nSPS) is 11.8. The lowest BCUT2D eigenvalue weighted by atomic mass is 10.1. The van der Waals surface area contributed by atoms with E-state index in [0.29, 0.717) is 6.17 Å². The summed E-state index contributed by atoms with van der Waals surface area (Å²) in [5, 5.41) is 0. The molecule has 0 spiro atoms. The third kappa shape index (κ3) is 9.63. The summed E-state index contributed by atoms with van der Waals surface area (Å²) in [6.45, 7) is 18.2. The average Bonchev–Trinajstić information content (AvgIpc) is 2.54. The van der Waals surface area contributed by atoms with E-state index in [9.17, 15) is 0 Å². The van der Waals surface area contributed by atoms with E-state index in [1.165, 1.54) is 77.5 Å². The van der Waals surface area contributed by atoms with Crippen LogP contribution in [-0.4, -0.2) is 42.1 Å². The minimum Gasteiger partial charge on any atom is -0.288 e. The summed E-state index contributed by atoms with van der Waals surface area (Å²) in [5.41, 5.74) is 0. The Morgan fingerprint density at radius 1 is 0.682 bits per heavy atom. The first-order chi connectivity index (χ1) is 10.7. The molecule has 0 bridgehead atoms. The molecule has 0 radical (unpaired) electrons. The maximum absolute atomic E-state index is 4.03. The molecule has 0 N–H and O–H groups in total. The van der Waals surface area contributed by atoms with Crippen LogP contribution < -0.4 is 0 Å². The Labute approximate surface area is 141 Å². The van der Waals surface area contributed by atoms with Crippen molar-refractivity contribution in [3.63, 3.8) is 0 Å². The highest BCUT2D eigenvalue weighted by atomic mass is 15.3. The zero-order valence-corrected chi connectivity index (χ0v) is 15.9. The molecule has 0 aliphatic heterocycles. The topological polar surface area (TPSA) is 6.48 Å². The maximum atomic E-state index is 4.03. The summed E-state index contributed by atoms with van der Waals surface area (Å²) in [5.74, 6) is 0. The van der Waals surface area contributed by atoms with E-state index in [1.807, 2.05) is 0 Å². The lowest BCUT2D eigenvalue weighted by molar-refractivity contribution is 0.0390. The van der Waals surface area contributed by atoms with Gasteiger partial charge in [0, 0.05) is 0 Å². The van der Waals surface area contributed by atoms with Crippen molar-refractivity contribution in [1.29, 1.82) is 0 Å². The Kier molecular flexibility index (Phi) is 15.3. The number of hydrogen-bond donors (Lipinski definition) is 0. The van der Waals surface area contributed by atoms with Gasteiger partial charge in [-0.3, -0.25) is 9.80 Å². The standard InChI is InChI=1S/C20H42N2/c1-6-11-16-21(17-12-7-2)20(15-10-5)22(18-13-8-3)19-14-9-4/h10,20H,5-9,11-19H2,1-4H3. The second kappa shape index (κ2) is 15.6. The van der Waals surface area contributed by atoms with Crippen LogP contribution in [0.1, 0.15) is 85.5 Å². The van der Waals surface area contributed by atoms with Crippen LogP contribution in [-0.2, 0) is 0 Å². The van der Waals surface area contributed by atoms with E-state index in [-0.39, 0.29) is 0 Å². The monoisotopic (exact) mass is 310 g/mol. The second-order valence-corrected chi connectivity index (χ2v) is 6.49. The van der Waals surface area contributed by atoms with Crippen LogP contribution >= 0.6 is 0 Å². The van der Waals surface area contributed by atoms with E-state index in [4.69, 9.17) is 0 Å². The molecule has 0 aromatic rings. The van der Waals surface area contributed by atoms with Gasteiger partial charge in [0.2, 0.25) is 0 Å². The van der Waals surface area contributed by atoms with Crippen LogP contribution in [0, 0.1) is 0 Å². The second-order valence-electron chi connectivity index (χ2n) is 6.49. The van der Waals surface area contributed by atoms with Crippen molar-refractivity contribution in [2.45, 2.75) is 91.6 Å². The Bertz CT molecular complexity index is 204. The van der Waals surface area contributed by atoms with E-state index in [1.54, 1.807) is 0 Å². The molecule has 0 rings (SSSR count). The highest BCUT2D eigenvalue weighted by molar-refractivity contribution is 4.81. The van der Waals surface area contributed by atoms with Gasteiger partial charge in [-0.25, -0.2) is 0 Å². The Morgan fingerprint density at radius 2 is 1.00 bits per heavy atom. The lowest BCUT2D eigenvalue weighted by Crippen LogP contribution is -2.49. The van der Waals surface area contributed by atoms with Gasteiger partial charge in [0.15, 0.2) is 0 Å². The van der Waals surface area contributed by atoms with Gasteiger partial charge < -0.3 is 0 Å². The van der Waals surface area contributed by atoms with Crippen LogP contribution in [0.4, 0.5) is 0 Å². The highest BCUT2D eigenvalue weighted by Crippen LogP contribution is 2.16. The molecule has 0 atom stereocenters. The average molecular weight is 311 g/mol. The smallest absolute Gasteiger partial charge is 0.0657 e. The third-order valence-electron chi connectivity index (χ3n) is 4.42. The van der Waals surface area contributed by atoms with E-state index in [0.717, 1.165) is 6.42 Å². The molecule has 2 heteroatoms. The summed E-state index contributed by atoms with van der Waals surface area (Å²) in [6, 6.07) is 0. The largest absolute Gasteiger partial charge is 0.288 e. The van der Waals surface area contributed by atoms with Crippen LogP contribution in [0.25, 0.3) is 0 Å². The first kappa shape index (κ1) is 21.7. The predicted molar refractivity (Wildman–Crippen MR) is 101 cm³/mol. The minimum absolute atomic E-state index is 0.564. The van der Waals surface area contributed by atoms with Crippen molar-refractivity contribution < 1.29 is 0 Å². The third-order valence-corrected chi connectivity index (χ3v) is 4.42. The van der Waals surface area contributed by atoms with Crippen LogP contribution in [0.3, 0.4) is 0 Å². The number of unbranched alkanes of at least 4 members (excludes halogenated alkanes) is 4. The molecule has 2 nitrogen and oxygen atoms in total. The first-order valence-corrected chi connectivity index (χ1v) is 9.83. The van der Waals surface area contributed by atoms with Crippen LogP contribution in [0.15, 0.2) is 12.7 Å². The number of rotatable bonds is 16.